The van der Waals surface area contributed by atoms with Gasteiger partial charge in [0.15, 0.2) is 5.16 Å². The van der Waals surface area contributed by atoms with Gasteiger partial charge in [0.25, 0.3) is 0 Å². The van der Waals surface area contributed by atoms with Gasteiger partial charge in [0.05, 0.1) is 5.75 Å². The summed E-state index contributed by atoms with van der Waals surface area (Å²) in [6.07, 6.45) is 3.50. The molecule has 6 heteroatoms. The molecule has 0 spiro atoms. The van der Waals surface area contributed by atoms with Crippen molar-refractivity contribution >= 4 is 29.3 Å². The molecule has 0 bridgehead atoms. The summed E-state index contributed by atoms with van der Waals surface area (Å²) < 4.78 is 1.91. The second kappa shape index (κ2) is 5.93. The number of halogens is 1. The van der Waals surface area contributed by atoms with Crippen LogP contribution in [0.25, 0.3) is 0 Å². The summed E-state index contributed by atoms with van der Waals surface area (Å²) >= 11 is 7.03. The zero-order valence-corrected chi connectivity index (χ0v) is 11.0. The molecule has 18 heavy (non-hydrogen) atoms. The number of benzene rings is 1. The summed E-state index contributed by atoms with van der Waals surface area (Å²) in [5.74, 6) is -0.835. The Morgan fingerprint density at radius 1 is 1.39 bits per heavy atom. The van der Waals surface area contributed by atoms with Gasteiger partial charge in [-0.25, -0.2) is 4.98 Å². The van der Waals surface area contributed by atoms with Crippen LogP contribution < -0.4 is 0 Å². The van der Waals surface area contributed by atoms with Crippen molar-refractivity contribution in [3.63, 3.8) is 0 Å². The Balaban J connectivity index is 2.07. The number of imidazole rings is 1. The van der Waals surface area contributed by atoms with E-state index in [0.29, 0.717) is 16.7 Å². The largest absolute Gasteiger partial charge is 0.481 e. The molecule has 0 saturated heterocycles. The molecule has 0 radical (unpaired) electrons. The third-order valence-corrected chi connectivity index (χ3v) is 3.51. The molecule has 0 saturated carbocycles. The van der Waals surface area contributed by atoms with Gasteiger partial charge in [-0.05, 0) is 17.7 Å². The minimum absolute atomic E-state index is 0.0115. The highest BCUT2D eigenvalue weighted by molar-refractivity contribution is 7.99. The van der Waals surface area contributed by atoms with Crippen molar-refractivity contribution < 1.29 is 9.90 Å². The molecule has 1 N–H and O–H groups in total. The smallest absolute Gasteiger partial charge is 0.313 e. The number of nitrogens with zero attached hydrogens (tertiary/aromatic N) is 2. The van der Waals surface area contributed by atoms with Crippen LogP contribution in [0.1, 0.15) is 5.56 Å². The van der Waals surface area contributed by atoms with E-state index in [0.717, 1.165) is 5.56 Å². The number of rotatable bonds is 5. The second-order valence-electron chi connectivity index (χ2n) is 3.65. The minimum Gasteiger partial charge on any atom is -0.481 e. The van der Waals surface area contributed by atoms with Crippen molar-refractivity contribution in [3.05, 3.63) is 47.2 Å². The maximum Gasteiger partial charge on any atom is 0.313 e. The van der Waals surface area contributed by atoms with Gasteiger partial charge >= 0.3 is 5.97 Å². The average molecular weight is 283 g/mol. The maximum absolute atomic E-state index is 10.5. The average Bonchev–Trinajstić information content (AvgIpc) is 2.77. The van der Waals surface area contributed by atoms with E-state index >= 15 is 0 Å². The van der Waals surface area contributed by atoms with Crippen LogP contribution in [0.2, 0.25) is 5.02 Å². The van der Waals surface area contributed by atoms with E-state index in [1.807, 2.05) is 35.0 Å². The zero-order valence-electron chi connectivity index (χ0n) is 9.41. The molecule has 0 atom stereocenters. The summed E-state index contributed by atoms with van der Waals surface area (Å²) in [4.78, 5) is 14.7. The molecular formula is C12H11ClN2O2S. The van der Waals surface area contributed by atoms with Gasteiger partial charge in [-0.15, -0.1) is 0 Å². The number of thioether (sulfide) groups is 1. The molecule has 94 valence electrons. The van der Waals surface area contributed by atoms with E-state index in [1.54, 1.807) is 6.20 Å². The van der Waals surface area contributed by atoms with Crippen molar-refractivity contribution in [1.29, 1.82) is 0 Å². The molecule has 0 aliphatic rings. The van der Waals surface area contributed by atoms with Gasteiger partial charge in [0, 0.05) is 24.0 Å². The topological polar surface area (TPSA) is 55.1 Å². The fourth-order valence-corrected chi connectivity index (χ4v) is 2.27. The lowest BCUT2D eigenvalue weighted by molar-refractivity contribution is -0.133. The number of hydrogen-bond donors (Lipinski definition) is 1. The summed E-state index contributed by atoms with van der Waals surface area (Å²) in [7, 11) is 0. The molecule has 0 aliphatic heterocycles. The molecule has 1 aromatic carbocycles. The van der Waals surface area contributed by atoms with Gasteiger partial charge in [0.1, 0.15) is 0 Å². The van der Waals surface area contributed by atoms with Crippen LogP contribution in [0.15, 0.2) is 41.8 Å². The Morgan fingerprint density at radius 3 is 2.78 bits per heavy atom. The number of carboxylic acid groups (broad SMARTS) is 1. The normalized spacial score (nSPS) is 10.5. The van der Waals surface area contributed by atoms with E-state index in [4.69, 9.17) is 16.7 Å². The first-order valence-corrected chi connectivity index (χ1v) is 6.61. The van der Waals surface area contributed by atoms with E-state index in [-0.39, 0.29) is 5.75 Å². The molecule has 1 aromatic heterocycles. The van der Waals surface area contributed by atoms with Gasteiger partial charge in [-0.3, -0.25) is 4.79 Å². The molecular weight excluding hydrogens is 272 g/mol. The first kappa shape index (κ1) is 13.0. The lowest BCUT2D eigenvalue weighted by Crippen LogP contribution is -2.03. The molecule has 0 unspecified atom stereocenters. The predicted octanol–water partition coefficient (Wildman–Crippen LogP) is 2.76. The molecule has 2 aromatic rings. The van der Waals surface area contributed by atoms with E-state index in [9.17, 15) is 4.79 Å². The van der Waals surface area contributed by atoms with Crippen LogP contribution in [-0.2, 0) is 11.3 Å². The Hall–Kier alpha value is -1.46. The molecule has 0 amide bonds. The standard InChI is InChI=1S/C12H11ClN2O2S/c13-10-3-1-9(2-4-10)7-15-6-5-14-12(15)18-8-11(16)17/h1-6H,7-8H2,(H,16,17). The molecule has 0 fully saturated rings. The van der Waals surface area contributed by atoms with Crippen LogP contribution in [0.5, 0.6) is 0 Å². The summed E-state index contributed by atoms with van der Waals surface area (Å²) in [6, 6.07) is 7.54. The lowest BCUT2D eigenvalue weighted by Gasteiger charge is -2.06. The Bertz CT molecular complexity index is 539. The summed E-state index contributed by atoms with van der Waals surface area (Å²) in [5.41, 5.74) is 1.09. The van der Waals surface area contributed by atoms with Crippen LogP contribution >= 0.6 is 23.4 Å². The van der Waals surface area contributed by atoms with Crippen LogP contribution in [0.4, 0.5) is 0 Å². The number of carbonyl (C=O) groups is 1. The third kappa shape index (κ3) is 3.51. The molecule has 4 nitrogen and oxygen atoms in total. The van der Waals surface area contributed by atoms with Crippen LogP contribution in [0.3, 0.4) is 0 Å². The number of carboxylic acids is 1. The quantitative estimate of drug-likeness (QED) is 0.857. The highest BCUT2D eigenvalue weighted by Crippen LogP contribution is 2.17. The summed E-state index contributed by atoms with van der Waals surface area (Å²) in [5, 5.41) is 10.1. The highest BCUT2D eigenvalue weighted by Gasteiger charge is 2.06. The lowest BCUT2D eigenvalue weighted by atomic mass is 10.2. The minimum atomic E-state index is -0.846. The SMILES string of the molecule is O=C(O)CSc1nccn1Cc1ccc(Cl)cc1. The molecule has 2 rings (SSSR count). The van der Waals surface area contributed by atoms with E-state index in [2.05, 4.69) is 4.98 Å². The highest BCUT2D eigenvalue weighted by atomic mass is 35.5. The maximum atomic E-state index is 10.5. The van der Waals surface area contributed by atoms with Crippen LogP contribution in [0, 0.1) is 0 Å². The van der Waals surface area contributed by atoms with Gasteiger partial charge in [-0.1, -0.05) is 35.5 Å². The van der Waals surface area contributed by atoms with Crippen LogP contribution in [-0.4, -0.2) is 26.4 Å². The Kier molecular flexibility index (Phi) is 4.28. The fourth-order valence-electron chi connectivity index (χ4n) is 1.47. The van der Waals surface area contributed by atoms with Gasteiger partial charge < -0.3 is 9.67 Å². The molecule has 1 heterocycles. The number of aliphatic carboxylic acids is 1. The van der Waals surface area contributed by atoms with E-state index < -0.39 is 5.97 Å². The number of hydrogen-bond acceptors (Lipinski definition) is 3. The van der Waals surface area contributed by atoms with Crippen molar-refractivity contribution in [2.45, 2.75) is 11.7 Å². The third-order valence-electron chi connectivity index (χ3n) is 2.27. The molecule has 0 aliphatic carbocycles. The number of aromatic nitrogens is 2. The van der Waals surface area contributed by atoms with Gasteiger partial charge in [-0.2, -0.15) is 0 Å². The Morgan fingerprint density at radius 2 is 2.11 bits per heavy atom. The van der Waals surface area contributed by atoms with Crippen molar-refractivity contribution in [2.75, 3.05) is 5.75 Å². The van der Waals surface area contributed by atoms with Gasteiger partial charge in [0.2, 0.25) is 0 Å². The predicted molar refractivity (Wildman–Crippen MR) is 71.1 cm³/mol. The van der Waals surface area contributed by atoms with Crippen molar-refractivity contribution in [3.8, 4) is 0 Å². The summed E-state index contributed by atoms with van der Waals surface area (Å²) in [6.45, 7) is 0.652. The van der Waals surface area contributed by atoms with Crippen molar-refractivity contribution in [1.82, 2.24) is 9.55 Å². The monoisotopic (exact) mass is 282 g/mol. The first-order valence-electron chi connectivity index (χ1n) is 5.25. The fraction of sp³-hybridized carbons (Fsp3) is 0.167. The zero-order chi connectivity index (χ0) is 13.0. The van der Waals surface area contributed by atoms with Crippen molar-refractivity contribution in [2.24, 2.45) is 0 Å². The van der Waals surface area contributed by atoms with E-state index in [1.165, 1.54) is 11.8 Å². The first-order chi connectivity index (χ1) is 8.65. The second-order valence-corrected chi connectivity index (χ2v) is 5.03. The Labute approximate surface area is 114 Å².